The molecule has 7 heteroatoms. The summed E-state index contributed by atoms with van der Waals surface area (Å²) in [6.45, 7) is 0.783. The molecular weight excluding hydrogens is 380 g/mol. The zero-order valence-corrected chi connectivity index (χ0v) is 14.9. The van der Waals surface area contributed by atoms with Gasteiger partial charge in [-0.15, -0.1) is 11.3 Å². The summed E-state index contributed by atoms with van der Waals surface area (Å²) in [6, 6.07) is 4.06. The highest BCUT2D eigenvalue weighted by atomic mass is 79.9. The number of ether oxygens (including phenoxy) is 2. The summed E-state index contributed by atoms with van der Waals surface area (Å²) in [5.41, 5.74) is 1.04. The van der Waals surface area contributed by atoms with Gasteiger partial charge in [0.25, 0.3) is 0 Å². The van der Waals surface area contributed by atoms with Crippen LogP contribution in [0.5, 0.6) is 0 Å². The van der Waals surface area contributed by atoms with Gasteiger partial charge in [0.2, 0.25) is 0 Å². The van der Waals surface area contributed by atoms with Gasteiger partial charge in [0.05, 0.1) is 23.3 Å². The SMILES string of the molecule is COC(=O)c1sc2c(ccc3c2cnn3C2CCCCO2)c1Br. The highest BCUT2D eigenvalue weighted by molar-refractivity contribution is 9.10. The van der Waals surface area contributed by atoms with Gasteiger partial charge < -0.3 is 9.47 Å². The predicted molar refractivity (Wildman–Crippen MR) is 93.0 cm³/mol. The summed E-state index contributed by atoms with van der Waals surface area (Å²) in [5, 5.41) is 6.59. The molecule has 0 N–H and O–H groups in total. The Morgan fingerprint density at radius 2 is 2.30 bits per heavy atom. The quantitative estimate of drug-likeness (QED) is 0.600. The van der Waals surface area contributed by atoms with E-state index in [2.05, 4.69) is 21.0 Å². The Hall–Kier alpha value is -1.44. The van der Waals surface area contributed by atoms with E-state index in [0.29, 0.717) is 4.88 Å². The predicted octanol–water partition coefficient (Wildman–Crippen LogP) is 4.50. The van der Waals surface area contributed by atoms with E-state index >= 15 is 0 Å². The molecule has 1 aliphatic rings. The van der Waals surface area contributed by atoms with Crippen molar-refractivity contribution in [3.05, 3.63) is 27.7 Å². The molecule has 120 valence electrons. The first-order chi connectivity index (χ1) is 11.2. The summed E-state index contributed by atoms with van der Waals surface area (Å²) in [4.78, 5) is 12.5. The summed E-state index contributed by atoms with van der Waals surface area (Å²) >= 11 is 4.95. The average molecular weight is 395 g/mol. The Bertz CT molecular complexity index is 896. The van der Waals surface area contributed by atoms with Crippen LogP contribution in [0.3, 0.4) is 0 Å². The fourth-order valence-corrected chi connectivity index (χ4v) is 5.00. The minimum Gasteiger partial charge on any atom is -0.465 e. The van der Waals surface area contributed by atoms with Crippen molar-refractivity contribution in [1.29, 1.82) is 0 Å². The van der Waals surface area contributed by atoms with Gasteiger partial charge in [0.1, 0.15) is 4.88 Å². The van der Waals surface area contributed by atoms with Crippen molar-refractivity contribution >= 4 is 54.2 Å². The van der Waals surface area contributed by atoms with Gasteiger partial charge in [-0.25, -0.2) is 9.48 Å². The van der Waals surface area contributed by atoms with Crippen LogP contribution in [0.4, 0.5) is 0 Å². The maximum absolute atomic E-state index is 11.9. The molecule has 3 aromatic rings. The van der Waals surface area contributed by atoms with E-state index < -0.39 is 0 Å². The first kappa shape index (κ1) is 15.1. The number of halogens is 1. The van der Waals surface area contributed by atoms with Crippen LogP contribution in [0.25, 0.3) is 21.0 Å². The third-order valence-electron chi connectivity index (χ3n) is 4.17. The van der Waals surface area contributed by atoms with Crippen molar-refractivity contribution in [2.24, 2.45) is 0 Å². The number of carbonyl (C=O) groups excluding carboxylic acids is 1. The van der Waals surface area contributed by atoms with Crippen molar-refractivity contribution in [2.45, 2.75) is 25.5 Å². The van der Waals surface area contributed by atoms with Gasteiger partial charge >= 0.3 is 5.97 Å². The normalized spacial score (nSPS) is 18.6. The van der Waals surface area contributed by atoms with Crippen molar-refractivity contribution in [3.8, 4) is 0 Å². The monoisotopic (exact) mass is 394 g/mol. The van der Waals surface area contributed by atoms with Crippen molar-refractivity contribution in [2.75, 3.05) is 13.7 Å². The van der Waals surface area contributed by atoms with E-state index in [-0.39, 0.29) is 12.2 Å². The number of hydrogen-bond donors (Lipinski definition) is 0. The van der Waals surface area contributed by atoms with Gasteiger partial charge in [-0.3, -0.25) is 0 Å². The lowest BCUT2D eigenvalue weighted by Crippen LogP contribution is -2.18. The number of aromatic nitrogens is 2. The van der Waals surface area contributed by atoms with Crippen LogP contribution in [0.15, 0.2) is 22.8 Å². The van der Waals surface area contributed by atoms with Crippen LogP contribution < -0.4 is 0 Å². The zero-order valence-electron chi connectivity index (χ0n) is 12.5. The van der Waals surface area contributed by atoms with Crippen LogP contribution in [0, 0.1) is 0 Å². The first-order valence-corrected chi connectivity index (χ1v) is 9.10. The van der Waals surface area contributed by atoms with E-state index in [1.54, 1.807) is 0 Å². The lowest BCUT2D eigenvalue weighted by molar-refractivity contribution is -0.0366. The molecule has 0 bridgehead atoms. The van der Waals surface area contributed by atoms with Crippen molar-refractivity contribution in [3.63, 3.8) is 0 Å². The molecule has 2 aromatic heterocycles. The van der Waals surface area contributed by atoms with Crippen molar-refractivity contribution < 1.29 is 14.3 Å². The summed E-state index contributed by atoms with van der Waals surface area (Å²) in [5.74, 6) is -0.325. The maximum Gasteiger partial charge on any atom is 0.349 e. The van der Waals surface area contributed by atoms with Crippen LogP contribution in [-0.4, -0.2) is 29.5 Å². The molecule has 0 aliphatic carbocycles. The molecule has 1 aromatic carbocycles. The maximum atomic E-state index is 11.9. The number of methoxy groups -OCH3 is 1. The van der Waals surface area contributed by atoms with E-state index in [0.717, 1.165) is 51.3 Å². The Kier molecular flexibility index (Phi) is 3.87. The second-order valence-corrected chi connectivity index (χ2v) is 7.34. The van der Waals surface area contributed by atoms with Crippen LogP contribution in [0.2, 0.25) is 0 Å². The Morgan fingerprint density at radius 3 is 3.04 bits per heavy atom. The molecule has 0 saturated carbocycles. The molecule has 0 spiro atoms. The van der Waals surface area contributed by atoms with Gasteiger partial charge in [-0.05, 0) is 41.3 Å². The minimum absolute atomic E-state index is 0.00202. The van der Waals surface area contributed by atoms with Crippen molar-refractivity contribution in [1.82, 2.24) is 9.78 Å². The molecule has 5 nitrogen and oxygen atoms in total. The highest BCUT2D eigenvalue weighted by Gasteiger charge is 2.22. The molecule has 3 heterocycles. The molecular formula is C16H15BrN2O3S. The standard InChI is InChI=1S/C16H15BrN2O3S/c1-21-16(20)15-13(17)9-5-6-11-10(14(9)23-15)8-18-19(11)12-4-2-3-7-22-12/h5-6,8,12H,2-4,7H2,1H3. The third-order valence-corrected chi connectivity index (χ3v) is 6.48. The fraction of sp³-hybridized carbons (Fsp3) is 0.375. The Morgan fingerprint density at radius 1 is 1.43 bits per heavy atom. The number of benzene rings is 1. The van der Waals surface area contributed by atoms with E-state index in [9.17, 15) is 4.79 Å². The zero-order chi connectivity index (χ0) is 16.0. The molecule has 0 radical (unpaired) electrons. The van der Waals surface area contributed by atoms with Gasteiger partial charge in [0, 0.05) is 22.1 Å². The van der Waals surface area contributed by atoms with E-state index in [1.807, 2.05) is 23.0 Å². The lowest BCUT2D eigenvalue weighted by atomic mass is 10.1. The molecule has 0 amide bonds. The number of nitrogens with zero attached hydrogens (tertiary/aromatic N) is 2. The molecule has 1 saturated heterocycles. The van der Waals surface area contributed by atoms with Gasteiger partial charge in [0.15, 0.2) is 6.23 Å². The molecule has 1 atom stereocenters. The van der Waals surface area contributed by atoms with E-state index in [1.165, 1.54) is 18.4 Å². The van der Waals surface area contributed by atoms with Gasteiger partial charge in [-0.2, -0.15) is 5.10 Å². The topological polar surface area (TPSA) is 53.3 Å². The fourth-order valence-electron chi connectivity index (χ4n) is 3.02. The average Bonchev–Trinajstić information content (AvgIpc) is 3.16. The van der Waals surface area contributed by atoms with Crippen LogP contribution in [0.1, 0.15) is 35.2 Å². The summed E-state index contributed by atoms with van der Waals surface area (Å²) < 4.78 is 14.5. The number of thiophene rings is 1. The van der Waals surface area contributed by atoms with Crippen LogP contribution in [-0.2, 0) is 9.47 Å². The highest BCUT2D eigenvalue weighted by Crippen LogP contribution is 2.40. The van der Waals surface area contributed by atoms with Crippen LogP contribution >= 0.6 is 27.3 Å². The summed E-state index contributed by atoms with van der Waals surface area (Å²) in [6.07, 6.45) is 5.11. The molecule has 4 rings (SSSR count). The second-order valence-electron chi connectivity index (χ2n) is 5.52. The molecule has 1 unspecified atom stereocenters. The minimum atomic E-state index is -0.325. The number of hydrogen-bond acceptors (Lipinski definition) is 5. The lowest BCUT2D eigenvalue weighted by Gasteiger charge is -2.23. The van der Waals surface area contributed by atoms with Gasteiger partial charge in [-0.1, -0.05) is 6.07 Å². The second kappa shape index (κ2) is 5.89. The summed E-state index contributed by atoms with van der Waals surface area (Å²) in [7, 11) is 1.40. The smallest absolute Gasteiger partial charge is 0.349 e. The molecule has 1 aliphatic heterocycles. The number of carbonyl (C=O) groups is 1. The largest absolute Gasteiger partial charge is 0.465 e. The third kappa shape index (κ3) is 2.38. The molecule has 1 fully saturated rings. The Labute approximate surface area is 145 Å². The van der Waals surface area contributed by atoms with E-state index in [4.69, 9.17) is 9.47 Å². The number of fused-ring (bicyclic) bond motifs is 3. The number of esters is 1. The number of rotatable bonds is 2. The first-order valence-electron chi connectivity index (χ1n) is 7.49. The Balaban J connectivity index is 1.89. The molecule has 23 heavy (non-hydrogen) atoms.